The molecule has 0 aliphatic heterocycles. The van der Waals surface area contributed by atoms with Gasteiger partial charge in [0.1, 0.15) is 0 Å². The van der Waals surface area contributed by atoms with Crippen molar-refractivity contribution in [1.29, 1.82) is 0 Å². The van der Waals surface area contributed by atoms with Crippen molar-refractivity contribution in [2.75, 3.05) is 5.75 Å². The van der Waals surface area contributed by atoms with Crippen LogP contribution in [0.1, 0.15) is 56.9 Å². The van der Waals surface area contributed by atoms with Crippen molar-refractivity contribution in [3.8, 4) is 0 Å². The van der Waals surface area contributed by atoms with Crippen molar-refractivity contribution < 1.29 is 4.79 Å². The number of nitrogens with one attached hydrogen (secondary N) is 1. The molecule has 6 heteroatoms. The fourth-order valence-corrected chi connectivity index (χ4v) is 3.92. The highest BCUT2D eigenvalue weighted by Gasteiger charge is 2.13. The van der Waals surface area contributed by atoms with Crippen molar-refractivity contribution >= 4 is 17.7 Å². The number of nitrogens with zero attached hydrogens (tertiary/aromatic N) is 2. The Balaban J connectivity index is 1.87. The molecule has 29 heavy (non-hydrogen) atoms. The first-order valence-electron chi connectivity index (χ1n) is 10.3. The van der Waals surface area contributed by atoms with Gasteiger partial charge in [0.15, 0.2) is 5.16 Å². The van der Waals surface area contributed by atoms with Crippen LogP contribution in [0.25, 0.3) is 0 Å². The van der Waals surface area contributed by atoms with Crippen LogP contribution in [0.3, 0.4) is 0 Å². The number of thioether (sulfide) groups is 1. The lowest BCUT2D eigenvalue weighted by atomic mass is 10.1. The van der Waals surface area contributed by atoms with Gasteiger partial charge in [-0.15, -0.1) is 0 Å². The SMILES string of the molecule is Cc1nc(SCCCCC(=O)N[C@H](C)C(C)C)n(C)c(=O)c1Cc1ccccc1. The van der Waals surface area contributed by atoms with Gasteiger partial charge < -0.3 is 5.32 Å². The minimum atomic E-state index is 0.0194. The summed E-state index contributed by atoms with van der Waals surface area (Å²) in [5, 5.41) is 3.77. The molecule has 2 aromatic rings. The Labute approximate surface area is 178 Å². The molecule has 1 amide bonds. The van der Waals surface area contributed by atoms with Crippen molar-refractivity contribution in [3.05, 3.63) is 57.5 Å². The molecule has 1 aromatic heterocycles. The number of hydrogen-bond acceptors (Lipinski definition) is 4. The molecule has 0 radical (unpaired) electrons. The van der Waals surface area contributed by atoms with Gasteiger partial charge in [-0.3, -0.25) is 14.2 Å². The van der Waals surface area contributed by atoms with E-state index >= 15 is 0 Å². The average molecular weight is 416 g/mol. The van der Waals surface area contributed by atoms with Gasteiger partial charge in [0, 0.05) is 42.9 Å². The topological polar surface area (TPSA) is 64.0 Å². The third-order valence-electron chi connectivity index (χ3n) is 5.19. The minimum absolute atomic E-state index is 0.0194. The van der Waals surface area contributed by atoms with E-state index in [2.05, 4.69) is 24.1 Å². The Hall–Kier alpha value is -2.08. The summed E-state index contributed by atoms with van der Waals surface area (Å²) < 4.78 is 1.65. The predicted octanol–water partition coefficient (Wildman–Crippen LogP) is 4.10. The number of aryl methyl sites for hydroxylation is 1. The van der Waals surface area contributed by atoms with Gasteiger partial charge in [0.05, 0.1) is 0 Å². The monoisotopic (exact) mass is 415 g/mol. The zero-order valence-corrected chi connectivity index (χ0v) is 19.0. The summed E-state index contributed by atoms with van der Waals surface area (Å²) in [6, 6.07) is 10.2. The molecule has 1 atom stereocenters. The van der Waals surface area contributed by atoms with E-state index in [9.17, 15) is 9.59 Å². The van der Waals surface area contributed by atoms with Gasteiger partial charge in [-0.1, -0.05) is 55.9 Å². The Kier molecular flexibility index (Phi) is 8.96. The van der Waals surface area contributed by atoms with Crippen LogP contribution >= 0.6 is 11.8 Å². The predicted molar refractivity (Wildman–Crippen MR) is 120 cm³/mol. The van der Waals surface area contributed by atoms with Gasteiger partial charge >= 0.3 is 0 Å². The first-order valence-corrected chi connectivity index (χ1v) is 11.3. The zero-order chi connectivity index (χ0) is 21.4. The van der Waals surface area contributed by atoms with E-state index in [1.807, 2.05) is 44.2 Å². The highest BCUT2D eigenvalue weighted by Crippen LogP contribution is 2.18. The molecule has 2 rings (SSSR count). The van der Waals surface area contributed by atoms with E-state index < -0.39 is 0 Å². The quantitative estimate of drug-likeness (QED) is 0.360. The maximum absolute atomic E-state index is 12.8. The van der Waals surface area contributed by atoms with E-state index in [0.717, 1.165) is 40.6 Å². The lowest BCUT2D eigenvalue weighted by molar-refractivity contribution is -0.122. The van der Waals surface area contributed by atoms with E-state index in [1.54, 1.807) is 23.4 Å². The lowest BCUT2D eigenvalue weighted by Crippen LogP contribution is -2.35. The number of hydrogen-bond donors (Lipinski definition) is 1. The molecule has 0 bridgehead atoms. The molecule has 0 fully saturated rings. The molecule has 5 nitrogen and oxygen atoms in total. The molecule has 0 spiro atoms. The molecule has 1 aromatic carbocycles. The third-order valence-corrected chi connectivity index (χ3v) is 6.31. The largest absolute Gasteiger partial charge is 0.353 e. The average Bonchev–Trinajstić information content (AvgIpc) is 2.69. The smallest absolute Gasteiger partial charge is 0.257 e. The molecule has 1 N–H and O–H groups in total. The first-order chi connectivity index (χ1) is 13.8. The van der Waals surface area contributed by atoms with E-state index in [1.165, 1.54) is 0 Å². The van der Waals surface area contributed by atoms with E-state index in [4.69, 9.17) is 0 Å². The summed E-state index contributed by atoms with van der Waals surface area (Å²) in [5.41, 5.74) is 2.67. The number of carbonyl (C=O) groups is 1. The highest BCUT2D eigenvalue weighted by molar-refractivity contribution is 7.99. The van der Waals surface area contributed by atoms with Crippen LogP contribution in [0.4, 0.5) is 0 Å². The molecule has 1 heterocycles. The normalized spacial score (nSPS) is 12.2. The highest BCUT2D eigenvalue weighted by atomic mass is 32.2. The molecular formula is C23H33N3O2S. The second-order valence-electron chi connectivity index (χ2n) is 7.89. The minimum Gasteiger partial charge on any atom is -0.353 e. The second kappa shape index (κ2) is 11.2. The fraction of sp³-hybridized carbons (Fsp3) is 0.522. The van der Waals surface area contributed by atoms with Crippen molar-refractivity contribution in [2.45, 2.75) is 64.6 Å². The van der Waals surface area contributed by atoms with Crippen LogP contribution in [-0.2, 0) is 18.3 Å². The summed E-state index contributed by atoms with van der Waals surface area (Å²) in [7, 11) is 1.78. The van der Waals surface area contributed by atoms with Crippen molar-refractivity contribution in [2.24, 2.45) is 13.0 Å². The second-order valence-corrected chi connectivity index (χ2v) is 8.95. The number of rotatable bonds is 10. The van der Waals surface area contributed by atoms with Crippen LogP contribution in [0.15, 0.2) is 40.3 Å². The van der Waals surface area contributed by atoms with Gasteiger partial charge in [-0.25, -0.2) is 4.98 Å². The number of amides is 1. The lowest BCUT2D eigenvalue weighted by Gasteiger charge is -2.17. The summed E-state index contributed by atoms with van der Waals surface area (Å²) >= 11 is 1.58. The van der Waals surface area contributed by atoms with Crippen LogP contribution in [-0.4, -0.2) is 27.3 Å². The molecule has 0 saturated heterocycles. The maximum atomic E-state index is 12.8. The Bertz CT molecular complexity index is 862. The van der Waals surface area contributed by atoms with Crippen LogP contribution in [0, 0.1) is 12.8 Å². The van der Waals surface area contributed by atoms with Crippen LogP contribution in [0.5, 0.6) is 0 Å². The number of aromatic nitrogens is 2. The summed E-state index contributed by atoms with van der Waals surface area (Å²) in [4.78, 5) is 29.4. The van der Waals surface area contributed by atoms with Gasteiger partial charge in [0.25, 0.3) is 5.56 Å². The number of carbonyl (C=O) groups excluding carboxylic acids is 1. The summed E-state index contributed by atoms with van der Waals surface area (Å²) in [6.07, 6.45) is 2.89. The molecule has 0 aliphatic rings. The summed E-state index contributed by atoms with van der Waals surface area (Å²) in [6.45, 7) is 8.15. The van der Waals surface area contributed by atoms with Crippen molar-refractivity contribution in [1.82, 2.24) is 14.9 Å². The number of unbranched alkanes of at least 4 members (excludes halogenated alkanes) is 1. The van der Waals surface area contributed by atoms with Gasteiger partial charge in [0.2, 0.25) is 5.91 Å². The Morgan fingerprint density at radius 2 is 1.86 bits per heavy atom. The standard InChI is InChI=1S/C23H33N3O2S/c1-16(2)17(3)24-21(27)13-9-10-14-29-23-25-18(4)20(22(28)26(23)5)15-19-11-7-6-8-12-19/h6-8,11-12,16-17H,9-10,13-15H2,1-5H3,(H,24,27)/t17-/m1/s1. The molecule has 0 unspecified atom stereocenters. The zero-order valence-electron chi connectivity index (χ0n) is 18.2. The van der Waals surface area contributed by atoms with Gasteiger partial charge in [-0.2, -0.15) is 0 Å². The number of benzene rings is 1. The van der Waals surface area contributed by atoms with E-state index in [-0.39, 0.29) is 17.5 Å². The maximum Gasteiger partial charge on any atom is 0.257 e. The summed E-state index contributed by atoms with van der Waals surface area (Å²) in [5.74, 6) is 1.39. The Morgan fingerprint density at radius 1 is 1.17 bits per heavy atom. The van der Waals surface area contributed by atoms with Crippen LogP contribution in [0.2, 0.25) is 0 Å². The van der Waals surface area contributed by atoms with Crippen molar-refractivity contribution in [3.63, 3.8) is 0 Å². The molecule has 0 aliphatic carbocycles. The van der Waals surface area contributed by atoms with Gasteiger partial charge in [-0.05, 0) is 38.2 Å². The van der Waals surface area contributed by atoms with Crippen LogP contribution < -0.4 is 10.9 Å². The first kappa shape index (κ1) is 23.2. The fourth-order valence-electron chi connectivity index (χ4n) is 2.91. The molecule has 0 saturated carbocycles. The van der Waals surface area contributed by atoms with E-state index in [0.29, 0.717) is 18.8 Å². The molecule has 158 valence electrons. The third kappa shape index (κ3) is 7.03. The Morgan fingerprint density at radius 3 is 2.52 bits per heavy atom. The molecular weight excluding hydrogens is 382 g/mol.